The summed E-state index contributed by atoms with van der Waals surface area (Å²) in [4.78, 5) is 20.7. The average Bonchev–Trinajstić information content (AvgIpc) is 2.78. The molecule has 0 saturated carbocycles. The molecular formula is C13H21O4+. The maximum Gasteiger partial charge on any atom is 0.487 e. The Hall–Kier alpha value is -1.32. The van der Waals surface area contributed by atoms with Gasteiger partial charge >= 0.3 is 11.9 Å². The molecule has 0 fully saturated rings. The molecule has 0 aromatic rings. The lowest BCUT2D eigenvalue weighted by atomic mass is 9.89. The van der Waals surface area contributed by atoms with E-state index in [0.29, 0.717) is 0 Å². The highest BCUT2D eigenvalue weighted by atomic mass is 16.5. The number of carbonyl (C=O) groups is 1. The molecule has 1 aliphatic carbocycles. The molecule has 0 bridgehead atoms. The van der Waals surface area contributed by atoms with Crippen molar-refractivity contribution in [3.05, 3.63) is 12.2 Å². The van der Waals surface area contributed by atoms with Crippen molar-refractivity contribution >= 4 is 11.9 Å². The van der Waals surface area contributed by atoms with Crippen LogP contribution in [0.2, 0.25) is 0 Å². The van der Waals surface area contributed by atoms with Crippen molar-refractivity contribution in [2.24, 2.45) is 11.8 Å². The number of aliphatic carboxylic acids is 1. The van der Waals surface area contributed by atoms with Crippen molar-refractivity contribution in [2.45, 2.75) is 45.6 Å². The minimum atomic E-state index is -0.908. The first-order valence-corrected chi connectivity index (χ1v) is 6.15. The van der Waals surface area contributed by atoms with Crippen molar-refractivity contribution < 1.29 is 19.4 Å². The van der Waals surface area contributed by atoms with Crippen molar-refractivity contribution in [3.8, 4) is 0 Å². The van der Waals surface area contributed by atoms with Crippen LogP contribution in [0.15, 0.2) is 12.2 Å². The van der Waals surface area contributed by atoms with Crippen LogP contribution in [-0.2, 0) is 9.53 Å². The molecule has 96 valence electrons. The van der Waals surface area contributed by atoms with Gasteiger partial charge in [-0.2, -0.15) is 0 Å². The summed E-state index contributed by atoms with van der Waals surface area (Å²) in [5, 5.41) is 8.88. The molecule has 0 spiro atoms. The second-order valence-corrected chi connectivity index (χ2v) is 4.55. The minimum absolute atomic E-state index is 0.0788. The Kier molecular flexibility index (Phi) is 5.19. The smallest absolute Gasteiger partial charge is 0.481 e. The third-order valence-corrected chi connectivity index (χ3v) is 3.18. The van der Waals surface area contributed by atoms with Gasteiger partial charge < -0.3 is 14.6 Å². The van der Waals surface area contributed by atoms with Gasteiger partial charge in [-0.3, -0.25) is 4.79 Å². The first-order valence-electron chi connectivity index (χ1n) is 6.15. The maximum absolute atomic E-state index is 10.8. The largest absolute Gasteiger partial charge is 0.487 e. The fraction of sp³-hybridized carbons (Fsp3) is 0.692. The molecule has 3 atom stereocenters. The van der Waals surface area contributed by atoms with Crippen molar-refractivity contribution in [1.29, 1.82) is 0 Å². The zero-order valence-electron chi connectivity index (χ0n) is 10.4. The molecule has 0 aliphatic heterocycles. The topological polar surface area (TPSA) is 67.9 Å². The Labute approximate surface area is 102 Å². The summed E-state index contributed by atoms with van der Waals surface area (Å²) in [6.45, 7) is 3.82. The van der Waals surface area contributed by atoms with Crippen LogP contribution in [0.5, 0.6) is 0 Å². The second-order valence-electron chi connectivity index (χ2n) is 4.55. The average molecular weight is 241 g/mol. The third kappa shape index (κ3) is 4.21. The van der Waals surface area contributed by atoms with Crippen LogP contribution >= 0.6 is 0 Å². The highest BCUT2D eigenvalue weighted by Gasteiger charge is 2.37. The Morgan fingerprint density at radius 2 is 2.35 bits per heavy atom. The van der Waals surface area contributed by atoms with Gasteiger partial charge in [-0.1, -0.05) is 19.1 Å². The van der Waals surface area contributed by atoms with Crippen LogP contribution in [-0.4, -0.2) is 27.9 Å². The predicted molar refractivity (Wildman–Crippen MR) is 65.4 cm³/mol. The molecule has 2 N–H and O–H groups in total. The molecule has 4 nitrogen and oxygen atoms in total. The van der Waals surface area contributed by atoms with E-state index in [1.807, 2.05) is 26.0 Å². The molecule has 0 aromatic carbocycles. The van der Waals surface area contributed by atoms with Crippen molar-refractivity contribution in [2.75, 3.05) is 0 Å². The van der Waals surface area contributed by atoms with Gasteiger partial charge in [0.1, 0.15) is 5.92 Å². The number of carboxylic acids is 1. The SMILES string of the molecule is CCC(C)OC(=[OH+])C(CC(=O)O)C1C=CCC1. The van der Waals surface area contributed by atoms with E-state index in [0.717, 1.165) is 19.3 Å². The van der Waals surface area contributed by atoms with E-state index < -0.39 is 11.9 Å². The minimum Gasteiger partial charge on any atom is -0.481 e. The summed E-state index contributed by atoms with van der Waals surface area (Å²) >= 11 is 0. The number of rotatable bonds is 6. The van der Waals surface area contributed by atoms with Crippen LogP contribution in [0, 0.1) is 11.8 Å². The van der Waals surface area contributed by atoms with Gasteiger partial charge in [0.15, 0.2) is 6.10 Å². The van der Waals surface area contributed by atoms with Gasteiger partial charge in [0, 0.05) is 6.42 Å². The van der Waals surface area contributed by atoms with E-state index in [1.165, 1.54) is 0 Å². The summed E-state index contributed by atoms with van der Waals surface area (Å²) in [6.07, 6.45) is 6.43. The van der Waals surface area contributed by atoms with Crippen molar-refractivity contribution in [1.82, 2.24) is 0 Å². The quantitative estimate of drug-likeness (QED) is 0.441. The standard InChI is InChI=1S/C13H20O4/c1-3-9(2)17-13(16)11(8-12(14)15)10-6-4-5-7-10/h4,6,9-11H,3,5,7-8H2,1-2H3,(H,14,15)/p+1. The summed E-state index contributed by atoms with van der Waals surface area (Å²) < 4.78 is 5.35. The molecule has 1 rings (SSSR count). The number of allylic oxidation sites excluding steroid dienone is 2. The van der Waals surface area contributed by atoms with Gasteiger partial charge in [0.2, 0.25) is 0 Å². The Balaban J connectivity index is 2.64. The normalized spacial score (nSPS) is 22.1. The number of esters is 1. The van der Waals surface area contributed by atoms with Crippen molar-refractivity contribution in [3.63, 3.8) is 0 Å². The molecular weight excluding hydrogens is 220 g/mol. The summed E-state index contributed by atoms with van der Waals surface area (Å²) in [5.41, 5.74) is 0. The molecule has 4 heteroatoms. The molecule has 0 aromatic heterocycles. The molecule has 0 radical (unpaired) electrons. The zero-order valence-corrected chi connectivity index (χ0v) is 10.4. The third-order valence-electron chi connectivity index (χ3n) is 3.18. The summed E-state index contributed by atoms with van der Waals surface area (Å²) in [7, 11) is 0. The number of carbonyl (C=O) groups excluding carboxylic acids is 1. The lowest BCUT2D eigenvalue weighted by Gasteiger charge is -2.15. The van der Waals surface area contributed by atoms with Gasteiger partial charge in [-0.15, -0.1) is 0 Å². The fourth-order valence-electron chi connectivity index (χ4n) is 1.98. The van der Waals surface area contributed by atoms with E-state index in [9.17, 15) is 9.59 Å². The summed E-state index contributed by atoms with van der Waals surface area (Å²) in [6, 6.07) is 0. The molecule has 0 heterocycles. The van der Waals surface area contributed by atoms with Crippen LogP contribution < -0.4 is 0 Å². The van der Waals surface area contributed by atoms with E-state index >= 15 is 0 Å². The molecule has 1 aliphatic rings. The second kappa shape index (κ2) is 6.42. The molecule has 0 saturated heterocycles. The Bertz CT molecular complexity index is 309. The van der Waals surface area contributed by atoms with Crippen LogP contribution in [0.4, 0.5) is 0 Å². The van der Waals surface area contributed by atoms with E-state index in [4.69, 9.17) is 9.84 Å². The van der Waals surface area contributed by atoms with E-state index in [1.54, 1.807) is 0 Å². The highest BCUT2D eigenvalue weighted by Crippen LogP contribution is 2.29. The number of hydrogen-bond donors (Lipinski definition) is 1. The fourth-order valence-corrected chi connectivity index (χ4v) is 1.98. The molecule has 3 unspecified atom stereocenters. The number of hydrogen-bond acceptors (Lipinski definition) is 2. The lowest BCUT2D eigenvalue weighted by Crippen LogP contribution is -2.29. The molecule has 17 heavy (non-hydrogen) atoms. The number of ether oxygens (including phenoxy) is 1. The highest BCUT2D eigenvalue weighted by molar-refractivity contribution is 5.80. The molecule has 0 amide bonds. The monoisotopic (exact) mass is 241 g/mol. The Morgan fingerprint density at radius 1 is 1.65 bits per heavy atom. The van der Waals surface area contributed by atoms with E-state index in [-0.39, 0.29) is 24.4 Å². The first-order chi connectivity index (χ1) is 8.04. The maximum atomic E-state index is 10.8. The van der Waals surface area contributed by atoms with Crippen LogP contribution in [0.25, 0.3) is 0 Å². The number of carboxylic acid groups (broad SMARTS) is 1. The van der Waals surface area contributed by atoms with Gasteiger partial charge in [-0.05, 0) is 25.7 Å². The van der Waals surface area contributed by atoms with Crippen LogP contribution in [0.3, 0.4) is 0 Å². The predicted octanol–water partition coefficient (Wildman–Crippen LogP) is 2.36. The van der Waals surface area contributed by atoms with Gasteiger partial charge in [0.25, 0.3) is 0 Å². The van der Waals surface area contributed by atoms with Gasteiger partial charge in [-0.25, -0.2) is 0 Å². The first kappa shape index (κ1) is 13.7. The lowest BCUT2D eigenvalue weighted by molar-refractivity contribution is -0.138. The van der Waals surface area contributed by atoms with Crippen LogP contribution in [0.1, 0.15) is 39.5 Å². The van der Waals surface area contributed by atoms with Gasteiger partial charge in [0.05, 0.1) is 6.42 Å². The zero-order chi connectivity index (χ0) is 12.8. The summed E-state index contributed by atoms with van der Waals surface area (Å²) in [5.74, 6) is -1.39. The van der Waals surface area contributed by atoms with E-state index in [2.05, 4.69) is 0 Å². The Morgan fingerprint density at radius 3 is 2.82 bits per heavy atom.